The zero-order valence-corrected chi connectivity index (χ0v) is 17.3. The summed E-state index contributed by atoms with van der Waals surface area (Å²) in [6.45, 7) is 1.03. The van der Waals surface area contributed by atoms with Crippen LogP contribution in [0.25, 0.3) is 11.0 Å². The van der Waals surface area contributed by atoms with Gasteiger partial charge in [0.15, 0.2) is 5.82 Å². The van der Waals surface area contributed by atoms with Gasteiger partial charge in [-0.2, -0.15) is 0 Å². The van der Waals surface area contributed by atoms with Gasteiger partial charge in [0.05, 0.1) is 29.7 Å². The van der Waals surface area contributed by atoms with E-state index in [1.165, 1.54) is 12.4 Å². The number of anilines is 2. The number of aromatic nitrogens is 2. The summed E-state index contributed by atoms with van der Waals surface area (Å²) in [6, 6.07) is 6.92. The number of imidazole rings is 1. The largest absolute Gasteiger partial charge is 0.394 e. The van der Waals surface area contributed by atoms with Crippen LogP contribution in [0.3, 0.4) is 0 Å². The lowest BCUT2D eigenvalue weighted by atomic mass is 10.1. The molecule has 0 saturated carbocycles. The van der Waals surface area contributed by atoms with Gasteiger partial charge in [0.25, 0.3) is 5.91 Å². The van der Waals surface area contributed by atoms with E-state index in [2.05, 4.69) is 31.7 Å². The number of rotatable bonds is 7. The number of aliphatic hydroxyl groups is 2. The maximum absolute atomic E-state index is 15.3. The van der Waals surface area contributed by atoms with Crippen LogP contribution in [-0.2, 0) is 11.9 Å². The fraction of sp³-hybridized carbons (Fsp3) is 0.263. The Bertz CT molecular complexity index is 1060. The molecular formula is C19H20BrFN4O4. The number of aryl methyl sites for hydroxylation is 2. The van der Waals surface area contributed by atoms with Crippen LogP contribution >= 0.6 is 15.9 Å². The fourth-order valence-corrected chi connectivity index (χ4v) is 3.21. The zero-order chi connectivity index (χ0) is 21.1. The highest BCUT2D eigenvalue weighted by Crippen LogP contribution is 2.32. The topological polar surface area (TPSA) is 109 Å². The number of carbonyl (C=O) groups is 1. The minimum Gasteiger partial charge on any atom is -0.394 e. The molecular weight excluding hydrogens is 447 g/mol. The molecule has 1 unspecified atom stereocenters. The predicted molar refractivity (Wildman–Crippen MR) is 109 cm³/mol. The van der Waals surface area contributed by atoms with E-state index >= 15 is 4.39 Å². The Morgan fingerprint density at radius 2 is 2.17 bits per heavy atom. The molecule has 1 aromatic heterocycles. The second-order valence-electron chi connectivity index (χ2n) is 6.50. The third-order valence-electron chi connectivity index (χ3n) is 4.30. The first-order valence-corrected chi connectivity index (χ1v) is 9.49. The van der Waals surface area contributed by atoms with Crippen molar-refractivity contribution in [1.29, 1.82) is 0 Å². The van der Waals surface area contributed by atoms with Crippen molar-refractivity contribution in [3.05, 3.63) is 52.0 Å². The van der Waals surface area contributed by atoms with Gasteiger partial charge in [-0.25, -0.2) is 14.9 Å². The normalized spacial score (nSPS) is 12.2. The van der Waals surface area contributed by atoms with Crippen molar-refractivity contribution in [3.8, 4) is 0 Å². The Labute approximate surface area is 174 Å². The number of amides is 1. The van der Waals surface area contributed by atoms with E-state index in [0.717, 1.165) is 10.0 Å². The monoisotopic (exact) mass is 466 g/mol. The second kappa shape index (κ2) is 8.87. The Hall–Kier alpha value is -2.53. The summed E-state index contributed by atoms with van der Waals surface area (Å²) in [5.41, 5.74) is 4.13. The summed E-state index contributed by atoms with van der Waals surface area (Å²) in [5, 5.41) is 21.1. The molecule has 0 aliphatic rings. The summed E-state index contributed by atoms with van der Waals surface area (Å²) in [6.07, 6.45) is 0.313. The van der Waals surface area contributed by atoms with Crippen molar-refractivity contribution in [3.63, 3.8) is 0 Å². The van der Waals surface area contributed by atoms with Crippen LogP contribution in [0.4, 0.5) is 15.8 Å². The second-order valence-corrected chi connectivity index (χ2v) is 7.41. The smallest absolute Gasteiger partial charge is 0.277 e. The molecule has 0 aliphatic heterocycles. The van der Waals surface area contributed by atoms with Crippen molar-refractivity contribution >= 4 is 44.2 Å². The average molecular weight is 467 g/mol. The van der Waals surface area contributed by atoms with Gasteiger partial charge in [0.2, 0.25) is 0 Å². The van der Waals surface area contributed by atoms with Gasteiger partial charge in [-0.05, 0) is 36.8 Å². The van der Waals surface area contributed by atoms with E-state index in [4.69, 9.17) is 9.94 Å². The maximum Gasteiger partial charge on any atom is 0.277 e. The highest BCUT2D eigenvalue weighted by molar-refractivity contribution is 9.10. The Balaban J connectivity index is 2.00. The minimum absolute atomic E-state index is 0.000549. The molecule has 154 valence electrons. The van der Waals surface area contributed by atoms with E-state index in [1.807, 2.05) is 13.0 Å². The Morgan fingerprint density at radius 3 is 2.86 bits per heavy atom. The van der Waals surface area contributed by atoms with Crippen LogP contribution in [-0.4, -0.2) is 45.0 Å². The fourth-order valence-electron chi connectivity index (χ4n) is 2.74. The number of aliphatic hydroxyl groups excluding tert-OH is 2. The maximum atomic E-state index is 15.3. The third kappa shape index (κ3) is 4.56. The van der Waals surface area contributed by atoms with Crippen molar-refractivity contribution in [1.82, 2.24) is 15.0 Å². The molecule has 2 aromatic carbocycles. The molecule has 1 amide bonds. The minimum atomic E-state index is -1.14. The molecule has 3 aromatic rings. The molecule has 0 fully saturated rings. The van der Waals surface area contributed by atoms with Gasteiger partial charge in [0, 0.05) is 17.2 Å². The Kier molecular flexibility index (Phi) is 6.48. The van der Waals surface area contributed by atoms with Gasteiger partial charge in [-0.3, -0.25) is 9.63 Å². The third-order valence-corrected chi connectivity index (χ3v) is 4.80. The van der Waals surface area contributed by atoms with E-state index in [9.17, 15) is 9.90 Å². The molecule has 10 heteroatoms. The molecule has 8 nitrogen and oxygen atoms in total. The van der Waals surface area contributed by atoms with Crippen LogP contribution in [0.5, 0.6) is 0 Å². The quantitative estimate of drug-likeness (QED) is 0.398. The van der Waals surface area contributed by atoms with Crippen LogP contribution in [0.15, 0.2) is 35.1 Å². The summed E-state index contributed by atoms with van der Waals surface area (Å²) in [4.78, 5) is 21.7. The molecule has 0 saturated heterocycles. The number of carbonyl (C=O) groups excluding carboxylic acids is 1. The van der Waals surface area contributed by atoms with Crippen molar-refractivity contribution in [2.45, 2.75) is 13.0 Å². The lowest BCUT2D eigenvalue weighted by molar-refractivity contribution is -0.0295. The molecule has 29 heavy (non-hydrogen) atoms. The summed E-state index contributed by atoms with van der Waals surface area (Å²) >= 11 is 3.38. The van der Waals surface area contributed by atoms with Gasteiger partial charge in [-0.15, -0.1) is 0 Å². The average Bonchev–Trinajstić information content (AvgIpc) is 3.06. The summed E-state index contributed by atoms with van der Waals surface area (Å²) < 4.78 is 17.7. The van der Waals surface area contributed by atoms with E-state index < -0.39 is 24.4 Å². The molecule has 4 N–H and O–H groups in total. The first kappa shape index (κ1) is 21.2. The number of nitrogens with zero attached hydrogens (tertiary/aromatic N) is 2. The molecule has 1 heterocycles. The van der Waals surface area contributed by atoms with Crippen molar-refractivity contribution in [2.24, 2.45) is 7.05 Å². The molecule has 0 radical (unpaired) electrons. The number of hydrogen-bond donors (Lipinski definition) is 4. The number of benzene rings is 2. The lowest BCUT2D eigenvalue weighted by Crippen LogP contribution is -2.30. The lowest BCUT2D eigenvalue weighted by Gasteiger charge is -2.16. The van der Waals surface area contributed by atoms with E-state index in [1.54, 1.807) is 23.7 Å². The number of nitrogens with one attached hydrogen (secondary N) is 2. The number of hydroxylamine groups is 1. The SMILES string of the molecule is Cc1cc(Br)ccc1Nc1c(C(=O)NOCC(O)CO)cc2c(ncn2C)c1F. The highest BCUT2D eigenvalue weighted by atomic mass is 79.9. The molecule has 1 atom stereocenters. The molecule has 0 bridgehead atoms. The molecule has 3 rings (SSSR count). The highest BCUT2D eigenvalue weighted by Gasteiger charge is 2.22. The predicted octanol–water partition coefficient (Wildman–Crippen LogP) is 2.54. The first-order valence-electron chi connectivity index (χ1n) is 8.69. The van der Waals surface area contributed by atoms with Crippen LogP contribution < -0.4 is 10.8 Å². The number of hydrogen-bond acceptors (Lipinski definition) is 6. The van der Waals surface area contributed by atoms with Gasteiger partial charge in [0.1, 0.15) is 18.2 Å². The first-order chi connectivity index (χ1) is 13.8. The van der Waals surface area contributed by atoms with Crippen molar-refractivity contribution < 1.29 is 24.2 Å². The van der Waals surface area contributed by atoms with Crippen LogP contribution in [0.2, 0.25) is 0 Å². The van der Waals surface area contributed by atoms with E-state index in [-0.39, 0.29) is 23.4 Å². The van der Waals surface area contributed by atoms with Crippen LogP contribution in [0, 0.1) is 12.7 Å². The number of halogens is 2. The van der Waals surface area contributed by atoms with Crippen LogP contribution in [0.1, 0.15) is 15.9 Å². The standard InChI is InChI=1S/C19H20BrFN4O4/c1-10-5-11(20)3-4-14(10)23-17-13(19(28)24-29-8-12(27)7-26)6-15-18(16(17)21)22-9-25(15)2/h3-6,9,12,23,26-27H,7-8H2,1-2H3,(H,24,28). The molecule has 0 spiro atoms. The summed E-state index contributed by atoms with van der Waals surface area (Å²) in [5.74, 6) is -1.39. The Morgan fingerprint density at radius 1 is 1.41 bits per heavy atom. The van der Waals surface area contributed by atoms with Crippen molar-refractivity contribution in [2.75, 3.05) is 18.5 Å². The van der Waals surface area contributed by atoms with E-state index in [0.29, 0.717) is 11.2 Å². The van der Waals surface area contributed by atoms with Gasteiger partial charge in [-0.1, -0.05) is 15.9 Å². The van der Waals surface area contributed by atoms with Gasteiger partial charge < -0.3 is 20.1 Å². The van der Waals surface area contributed by atoms with Gasteiger partial charge >= 0.3 is 0 Å². The summed E-state index contributed by atoms with van der Waals surface area (Å²) in [7, 11) is 1.69. The molecule has 0 aliphatic carbocycles. The zero-order valence-electron chi connectivity index (χ0n) is 15.7. The number of fused-ring (bicyclic) bond motifs is 1.